The Morgan fingerprint density at radius 2 is 2.08 bits per heavy atom. The van der Waals surface area contributed by atoms with Crippen molar-refractivity contribution in [3.05, 3.63) is 49.1 Å². The van der Waals surface area contributed by atoms with Crippen molar-refractivity contribution in [3.8, 4) is 0 Å². The molecule has 64 valence electrons. The molecule has 1 nitrogen and oxygen atoms in total. The summed E-state index contributed by atoms with van der Waals surface area (Å²) in [5.74, 6) is -0.0215. The fraction of sp³-hybridized carbons (Fsp3) is 0.182. The molecule has 0 aliphatic carbocycles. The summed E-state index contributed by atoms with van der Waals surface area (Å²) in [6.07, 6.45) is 9.00. The van der Waals surface area contributed by atoms with Crippen LogP contribution in [-0.4, -0.2) is 5.78 Å². The number of hydrogen-bond donors (Lipinski definition) is 0. The molecule has 0 N–H and O–H groups in total. The lowest BCUT2D eigenvalue weighted by atomic mass is 10.1. The monoisotopic (exact) mass is 162 g/mol. The van der Waals surface area contributed by atoms with Crippen molar-refractivity contribution >= 4 is 5.78 Å². The molecule has 0 radical (unpaired) electrons. The average Bonchev–Trinajstić information content (AvgIpc) is 2.10. The van der Waals surface area contributed by atoms with E-state index in [1.807, 2.05) is 13.0 Å². The highest BCUT2D eigenvalue weighted by Gasteiger charge is 1.98. The summed E-state index contributed by atoms with van der Waals surface area (Å²) in [6.45, 7) is 9.03. The Morgan fingerprint density at radius 1 is 1.42 bits per heavy atom. The molecule has 0 amide bonds. The largest absolute Gasteiger partial charge is 0.289 e. The quantitative estimate of drug-likeness (QED) is 0.448. The van der Waals surface area contributed by atoms with E-state index in [4.69, 9.17) is 0 Å². The summed E-state index contributed by atoms with van der Waals surface area (Å²) < 4.78 is 0. The molecule has 12 heavy (non-hydrogen) atoms. The van der Waals surface area contributed by atoms with Gasteiger partial charge in [0.25, 0.3) is 0 Å². The van der Waals surface area contributed by atoms with Gasteiger partial charge >= 0.3 is 0 Å². The van der Waals surface area contributed by atoms with Crippen molar-refractivity contribution < 1.29 is 4.79 Å². The maximum absolute atomic E-state index is 11.2. The van der Waals surface area contributed by atoms with Crippen LogP contribution in [0.2, 0.25) is 0 Å². The van der Waals surface area contributed by atoms with E-state index in [0.717, 1.165) is 6.42 Å². The van der Waals surface area contributed by atoms with Gasteiger partial charge in [-0.2, -0.15) is 0 Å². The van der Waals surface area contributed by atoms with Gasteiger partial charge in [-0.25, -0.2) is 0 Å². The average molecular weight is 162 g/mol. The van der Waals surface area contributed by atoms with Crippen LogP contribution in [0.3, 0.4) is 0 Å². The van der Waals surface area contributed by atoms with Gasteiger partial charge in [0.15, 0.2) is 5.78 Å². The molecule has 0 heterocycles. The zero-order valence-electron chi connectivity index (χ0n) is 7.42. The summed E-state index contributed by atoms with van der Waals surface area (Å²) in [7, 11) is 0. The predicted molar refractivity (Wildman–Crippen MR) is 52.9 cm³/mol. The number of ketones is 1. The fourth-order valence-electron chi connectivity index (χ4n) is 0.699. The smallest absolute Gasteiger partial charge is 0.185 e. The maximum Gasteiger partial charge on any atom is 0.185 e. The molecule has 1 heteroatoms. The first-order valence-corrected chi connectivity index (χ1v) is 3.92. The molecule has 0 aromatic heterocycles. The van der Waals surface area contributed by atoms with Crippen molar-refractivity contribution in [1.82, 2.24) is 0 Å². The molecule has 0 atom stereocenters. The summed E-state index contributed by atoms with van der Waals surface area (Å²) in [5.41, 5.74) is 0.578. The highest BCUT2D eigenvalue weighted by atomic mass is 16.1. The van der Waals surface area contributed by atoms with Gasteiger partial charge in [-0.15, -0.1) is 0 Å². The summed E-state index contributed by atoms with van der Waals surface area (Å²) >= 11 is 0. The summed E-state index contributed by atoms with van der Waals surface area (Å²) in [6, 6.07) is 0. The van der Waals surface area contributed by atoms with E-state index >= 15 is 0 Å². The minimum absolute atomic E-state index is 0.0215. The van der Waals surface area contributed by atoms with E-state index in [0.29, 0.717) is 5.57 Å². The fourth-order valence-corrected chi connectivity index (χ4v) is 0.699. The lowest BCUT2D eigenvalue weighted by molar-refractivity contribution is -0.111. The topological polar surface area (TPSA) is 17.1 Å². The van der Waals surface area contributed by atoms with Crippen molar-refractivity contribution in [3.63, 3.8) is 0 Å². The van der Waals surface area contributed by atoms with E-state index in [1.165, 1.54) is 6.08 Å². The van der Waals surface area contributed by atoms with Crippen LogP contribution < -0.4 is 0 Å². The normalized spacial score (nSPS) is 11.6. The van der Waals surface area contributed by atoms with Gasteiger partial charge in [-0.1, -0.05) is 44.4 Å². The van der Waals surface area contributed by atoms with Crippen LogP contribution >= 0.6 is 0 Å². The Kier molecular flexibility index (Phi) is 5.62. The van der Waals surface area contributed by atoms with Gasteiger partial charge < -0.3 is 0 Å². The van der Waals surface area contributed by atoms with Crippen LogP contribution in [0.15, 0.2) is 49.1 Å². The van der Waals surface area contributed by atoms with Crippen molar-refractivity contribution in [2.45, 2.75) is 13.3 Å². The summed E-state index contributed by atoms with van der Waals surface area (Å²) in [4.78, 5) is 11.2. The van der Waals surface area contributed by atoms with Crippen molar-refractivity contribution in [2.24, 2.45) is 0 Å². The first kappa shape index (κ1) is 10.6. The molecule has 0 aromatic carbocycles. The highest BCUT2D eigenvalue weighted by molar-refractivity contribution is 6.06. The molecule has 0 aromatic rings. The van der Waals surface area contributed by atoms with Gasteiger partial charge in [0.05, 0.1) is 0 Å². The second-order valence-electron chi connectivity index (χ2n) is 2.24. The maximum atomic E-state index is 11.2. The van der Waals surface area contributed by atoms with E-state index in [1.54, 1.807) is 18.2 Å². The number of allylic oxidation sites excluding steroid dienone is 6. The zero-order valence-corrected chi connectivity index (χ0v) is 7.42. The van der Waals surface area contributed by atoms with Crippen LogP contribution in [0.5, 0.6) is 0 Å². The van der Waals surface area contributed by atoms with Crippen LogP contribution in [0, 0.1) is 0 Å². The van der Waals surface area contributed by atoms with Gasteiger partial charge in [0, 0.05) is 5.57 Å². The van der Waals surface area contributed by atoms with Crippen LogP contribution in [0.4, 0.5) is 0 Å². The Morgan fingerprint density at radius 3 is 2.50 bits per heavy atom. The molecule has 0 saturated heterocycles. The van der Waals surface area contributed by atoms with Crippen LogP contribution in [-0.2, 0) is 4.79 Å². The second-order valence-corrected chi connectivity index (χ2v) is 2.24. The zero-order chi connectivity index (χ0) is 9.40. The molecule has 0 saturated carbocycles. The molecule has 0 unspecified atom stereocenters. The Labute approximate surface area is 73.8 Å². The van der Waals surface area contributed by atoms with Gasteiger partial charge in [0.2, 0.25) is 0 Å². The molecule has 0 aliphatic rings. The lowest BCUT2D eigenvalue weighted by Crippen LogP contribution is -1.94. The van der Waals surface area contributed by atoms with Crippen molar-refractivity contribution in [2.75, 3.05) is 0 Å². The SMILES string of the molecule is C=C/C=C(\C=C)C(=O)/C=C/CC. The molecule has 0 fully saturated rings. The lowest BCUT2D eigenvalue weighted by Gasteiger charge is -1.92. The number of rotatable bonds is 5. The first-order valence-electron chi connectivity index (χ1n) is 3.92. The standard InChI is InChI=1S/C11H14O/c1-4-7-9-11(12)10(6-3)8-5-2/h5-9H,2-4H2,1H3/b9-7+,10-8+. The predicted octanol–water partition coefficient (Wildman–Crippen LogP) is 2.82. The summed E-state index contributed by atoms with van der Waals surface area (Å²) in [5, 5.41) is 0. The second kappa shape index (κ2) is 6.35. The third-order valence-electron chi connectivity index (χ3n) is 1.31. The van der Waals surface area contributed by atoms with Crippen LogP contribution in [0.25, 0.3) is 0 Å². The number of carbonyl (C=O) groups excluding carboxylic acids is 1. The van der Waals surface area contributed by atoms with E-state index in [2.05, 4.69) is 13.2 Å². The Hall–Kier alpha value is -1.37. The van der Waals surface area contributed by atoms with E-state index in [9.17, 15) is 4.79 Å². The van der Waals surface area contributed by atoms with E-state index < -0.39 is 0 Å². The Balaban J connectivity index is 4.42. The van der Waals surface area contributed by atoms with E-state index in [-0.39, 0.29) is 5.78 Å². The molecular formula is C11H14O. The van der Waals surface area contributed by atoms with Gasteiger partial charge in [-0.3, -0.25) is 4.79 Å². The molecule has 0 aliphatic heterocycles. The number of hydrogen-bond acceptors (Lipinski definition) is 1. The highest BCUT2D eigenvalue weighted by Crippen LogP contribution is 1.99. The van der Waals surface area contributed by atoms with Crippen LogP contribution in [0.1, 0.15) is 13.3 Å². The first-order chi connectivity index (χ1) is 5.76. The number of carbonyl (C=O) groups is 1. The van der Waals surface area contributed by atoms with Crippen molar-refractivity contribution in [1.29, 1.82) is 0 Å². The molecule has 0 spiro atoms. The molecule has 0 rings (SSSR count). The van der Waals surface area contributed by atoms with Gasteiger partial charge in [0.1, 0.15) is 0 Å². The minimum atomic E-state index is -0.0215. The molecule has 0 bridgehead atoms. The van der Waals surface area contributed by atoms with Gasteiger partial charge in [-0.05, 0) is 12.5 Å². The molecular weight excluding hydrogens is 148 g/mol. The minimum Gasteiger partial charge on any atom is -0.289 e. The third-order valence-corrected chi connectivity index (χ3v) is 1.31. The third kappa shape index (κ3) is 3.71. The Bertz CT molecular complexity index is 231.